The summed E-state index contributed by atoms with van der Waals surface area (Å²) >= 11 is 0. The van der Waals surface area contributed by atoms with Gasteiger partial charge in [-0.15, -0.1) is 0 Å². The van der Waals surface area contributed by atoms with Gasteiger partial charge in [0.15, 0.2) is 18.2 Å². The van der Waals surface area contributed by atoms with Gasteiger partial charge in [-0.25, -0.2) is 9.07 Å². The predicted octanol–water partition coefficient (Wildman–Crippen LogP) is 5.21. The molecule has 1 heterocycles. The quantitative estimate of drug-likeness (QED) is 0.556. The van der Waals surface area contributed by atoms with Crippen molar-refractivity contribution in [2.75, 3.05) is 5.32 Å². The number of carbonyl (C=O) groups excluding carboxylic acids is 1. The number of amides is 1. The summed E-state index contributed by atoms with van der Waals surface area (Å²) in [5.74, 6) is -1.27. The molecule has 0 atom stereocenters. The second-order valence-electron chi connectivity index (χ2n) is 7.76. The van der Waals surface area contributed by atoms with Crippen molar-refractivity contribution in [1.82, 2.24) is 9.78 Å². The lowest BCUT2D eigenvalue weighted by molar-refractivity contribution is -0.0495. The topological polar surface area (TPSA) is 65.4 Å². The maximum Gasteiger partial charge on any atom is 0.387 e. The van der Waals surface area contributed by atoms with E-state index in [0.29, 0.717) is 5.75 Å². The molecule has 0 saturated carbocycles. The van der Waals surface area contributed by atoms with Gasteiger partial charge in [-0.2, -0.15) is 13.9 Å². The van der Waals surface area contributed by atoms with Crippen LogP contribution in [0.1, 0.15) is 36.8 Å². The molecule has 3 aromatic rings. The molecule has 9 heteroatoms. The molecule has 1 aromatic heterocycles. The lowest BCUT2D eigenvalue weighted by Crippen LogP contribution is -2.16. The number of carbonyl (C=O) groups is 1. The van der Waals surface area contributed by atoms with Crippen LogP contribution < -0.4 is 14.8 Å². The molecule has 0 aliphatic carbocycles. The number of ether oxygens (including phenoxy) is 2. The first-order valence-corrected chi connectivity index (χ1v) is 9.44. The Balaban J connectivity index is 1.62. The molecule has 0 spiro atoms. The van der Waals surface area contributed by atoms with Crippen LogP contribution >= 0.6 is 0 Å². The van der Waals surface area contributed by atoms with Crippen LogP contribution in [-0.2, 0) is 12.1 Å². The highest BCUT2D eigenvalue weighted by Crippen LogP contribution is 2.27. The van der Waals surface area contributed by atoms with E-state index >= 15 is 0 Å². The maximum atomic E-state index is 13.3. The SMILES string of the molecule is CC(C)(C)c1ccc(OCn2ccc(C(=O)Nc3ccc(F)cc3OC(F)F)n2)cc1. The van der Waals surface area contributed by atoms with Gasteiger partial charge in [0, 0.05) is 12.3 Å². The van der Waals surface area contributed by atoms with E-state index in [1.165, 1.54) is 16.3 Å². The van der Waals surface area contributed by atoms with Crippen molar-refractivity contribution in [3.63, 3.8) is 0 Å². The van der Waals surface area contributed by atoms with Crippen LogP contribution in [-0.4, -0.2) is 22.3 Å². The Kier molecular flexibility index (Phi) is 6.53. The molecule has 0 saturated heterocycles. The fourth-order valence-electron chi connectivity index (χ4n) is 2.73. The van der Waals surface area contributed by atoms with E-state index in [1.807, 2.05) is 24.3 Å². The summed E-state index contributed by atoms with van der Waals surface area (Å²) in [6.07, 6.45) is 1.54. The molecule has 1 N–H and O–H groups in total. The molecule has 0 aliphatic heterocycles. The minimum atomic E-state index is -3.16. The number of hydrogen-bond donors (Lipinski definition) is 1. The van der Waals surface area contributed by atoms with Gasteiger partial charge >= 0.3 is 6.61 Å². The first-order chi connectivity index (χ1) is 14.6. The zero-order valence-corrected chi connectivity index (χ0v) is 17.2. The van der Waals surface area contributed by atoms with Gasteiger partial charge in [0.25, 0.3) is 5.91 Å². The van der Waals surface area contributed by atoms with Gasteiger partial charge in [0.1, 0.15) is 11.6 Å². The molecule has 0 aliphatic rings. The molecule has 0 bridgehead atoms. The number of anilines is 1. The Labute approximate surface area is 177 Å². The van der Waals surface area contributed by atoms with E-state index in [2.05, 4.69) is 35.9 Å². The lowest BCUT2D eigenvalue weighted by Gasteiger charge is -2.19. The van der Waals surface area contributed by atoms with E-state index in [9.17, 15) is 18.0 Å². The van der Waals surface area contributed by atoms with E-state index in [4.69, 9.17) is 4.74 Å². The van der Waals surface area contributed by atoms with Crippen LogP contribution in [0.3, 0.4) is 0 Å². The van der Waals surface area contributed by atoms with Gasteiger partial charge in [-0.3, -0.25) is 4.79 Å². The number of nitrogens with one attached hydrogen (secondary N) is 1. The van der Waals surface area contributed by atoms with Gasteiger partial charge in [-0.1, -0.05) is 32.9 Å². The van der Waals surface area contributed by atoms with Gasteiger partial charge < -0.3 is 14.8 Å². The van der Waals surface area contributed by atoms with Gasteiger partial charge in [-0.05, 0) is 41.3 Å². The molecule has 0 unspecified atom stereocenters. The van der Waals surface area contributed by atoms with Gasteiger partial charge in [0.2, 0.25) is 0 Å². The highest BCUT2D eigenvalue weighted by Gasteiger charge is 2.16. The monoisotopic (exact) mass is 433 g/mol. The van der Waals surface area contributed by atoms with Crippen LogP contribution in [0.5, 0.6) is 11.5 Å². The molecule has 0 radical (unpaired) electrons. The lowest BCUT2D eigenvalue weighted by atomic mass is 9.87. The van der Waals surface area contributed by atoms with Crippen LogP contribution in [0.25, 0.3) is 0 Å². The number of halogens is 3. The summed E-state index contributed by atoms with van der Waals surface area (Å²) in [5.41, 5.74) is 1.14. The predicted molar refractivity (Wildman–Crippen MR) is 109 cm³/mol. The van der Waals surface area contributed by atoms with E-state index in [0.717, 1.165) is 18.2 Å². The minimum absolute atomic E-state index is 0.0269. The first-order valence-electron chi connectivity index (χ1n) is 9.44. The molecule has 2 aromatic carbocycles. The number of hydrogen-bond acceptors (Lipinski definition) is 4. The molecule has 31 heavy (non-hydrogen) atoms. The number of rotatable bonds is 7. The smallest absolute Gasteiger partial charge is 0.387 e. The van der Waals surface area contributed by atoms with E-state index in [-0.39, 0.29) is 23.5 Å². The van der Waals surface area contributed by atoms with Crippen molar-refractivity contribution < 1.29 is 27.4 Å². The summed E-state index contributed by atoms with van der Waals surface area (Å²) in [6, 6.07) is 12.0. The van der Waals surface area contributed by atoms with Crippen molar-refractivity contribution in [3.8, 4) is 11.5 Å². The van der Waals surface area contributed by atoms with E-state index in [1.54, 1.807) is 6.20 Å². The summed E-state index contributed by atoms with van der Waals surface area (Å²) in [6.45, 7) is 3.26. The summed E-state index contributed by atoms with van der Waals surface area (Å²) in [4.78, 5) is 12.4. The van der Waals surface area contributed by atoms with Crippen LogP contribution in [0, 0.1) is 5.82 Å². The summed E-state index contributed by atoms with van der Waals surface area (Å²) in [5, 5.41) is 6.49. The van der Waals surface area contributed by atoms with Crippen molar-refractivity contribution in [2.24, 2.45) is 0 Å². The highest BCUT2D eigenvalue weighted by atomic mass is 19.3. The molecule has 0 fully saturated rings. The largest absolute Gasteiger partial charge is 0.471 e. The maximum absolute atomic E-state index is 13.3. The molecule has 3 rings (SSSR count). The number of nitrogens with zero attached hydrogens (tertiary/aromatic N) is 2. The second-order valence-corrected chi connectivity index (χ2v) is 7.76. The fraction of sp³-hybridized carbons (Fsp3) is 0.273. The van der Waals surface area contributed by atoms with Crippen molar-refractivity contribution in [1.29, 1.82) is 0 Å². The minimum Gasteiger partial charge on any atom is -0.471 e. The normalized spacial score (nSPS) is 11.5. The Bertz CT molecular complexity index is 1040. The molecule has 6 nitrogen and oxygen atoms in total. The molecular formula is C22H22F3N3O3. The number of benzene rings is 2. The van der Waals surface area contributed by atoms with Gasteiger partial charge in [0.05, 0.1) is 5.69 Å². The Morgan fingerprint density at radius 1 is 1.13 bits per heavy atom. The average Bonchev–Trinajstić information content (AvgIpc) is 3.17. The standard InChI is InChI=1S/C22H22F3N3O3/c1-22(2,3)14-4-7-16(8-5-14)30-13-28-11-10-18(27-28)20(29)26-17-9-6-15(23)12-19(17)31-21(24)25/h4-12,21H,13H2,1-3H3,(H,26,29). The third kappa shape index (κ3) is 6.00. The zero-order chi connectivity index (χ0) is 22.6. The number of aromatic nitrogens is 2. The fourth-order valence-corrected chi connectivity index (χ4v) is 2.73. The highest BCUT2D eigenvalue weighted by molar-refractivity contribution is 6.03. The second kappa shape index (κ2) is 9.11. The van der Waals surface area contributed by atoms with Crippen LogP contribution in [0.4, 0.5) is 18.9 Å². The first kappa shape index (κ1) is 22.2. The van der Waals surface area contributed by atoms with Crippen molar-refractivity contribution in [2.45, 2.75) is 39.5 Å². The van der Waals surface area contributed by atoms with Crippen LogP contribution in [0.2, 0.25) is 0 Å². The summed E-state index contributed by atoms with van der Waals surface area (Å²) < 4.78 is 49.7. The molecular weight excluding hydrogens is 411 g/mol. The average molecular weight is 433 g/mol. The zero-order valence-electron chi connectivity index (χ0n) is 17.2. The van der Waals surface area contributed by atoms with E-state index < -0.39 is 24.1 Å². The van der Waals surface area contributed by atoms with Crippen LogP contribution in [0.15, 0.2) is 54.7 Å². The molecule has 164 valence electrons. The molecule has 1 amide bonds. The van der Waals surface area contributed by atoms with Crippen molar-refractivity contribution in [3.05, 3.63) is 71.8 Å². The van der Waals surface area contributed by atoms with Crippen molar-refractivity contribution >= 4 is 11.6 Å². The Morgan fingerprint density at radius 3 is 2.48 bits per heavy atom. The number of alkyl halides is 2. The third-order valence-electron chi connectivity index (χ3n) is 4.37. The Morgan fingerprint density at radius 2 is 1.84 bits per heavy atom. The summed E-state index contributed by atoms with van der Waals surface area (Å²) in [7, 11) is 0. The Hall–Kier alpha value is -3.49. The third-order valence-corrected chi connectivity index (χ3v) is 4.37.